The Balaban J connectivity index is 1.57. The zero-order chi connectivity index (χ0) is 16.7. The third kappa shape index (κ3) is 3.09. The minimum absolute atomic E-state index is 0.498. The lowest BCUT2D eigenvalue weighted by atomic mass is 9.92. The van der Waals surface area contributed by atoms with Crippen molar-refractivity contribution < 1.29 is 0 Å². The molecule has 0 bridgehead atoms. The lowest BCUT2D eigenvalue weighted by Crippen LogP contribution is -2.37. The van der Waals surface area contributed by atoms with Gasteiger partial charge in [-0.05, 0) is 62.9 Å². The summed E-state index contributed by atoms with van der Waals surface area (Å²) < 4.78 is 2.24. The molecule has 1 N–H and O–H groups in total. The summed E-state index contributed by atoms with van der Waals surface area (Å²) in [5, 5.41) is 9.92. The Labute approximate surface area is 145 Å². The van der Waals surface area contributed by atoms with Crippen LogP contribution in [0, 0.1) is 11.8 Å². The van der Waals surface area contributed by atoms with E-state index in [1.165, 1.54) is 36.8 Å². The minimum Gasteiger partial charge on any atom is -0.310 e. The summed E-state index contributed by atoms with van der Waals surface area (Å²) in [6, 6.07) is 7.89. The van der Waals surface area contributed by atoms with Gasteiger partial charge in [-0.2, -0.15) is 5.10 Å². The molecule has 1 unspecified atom stereocenters. The highest BCUT2D eigenvalue weighted by Crippen LogP contribution is 2.30. The number of nitrogens with zero attached hydrogens (tertiary/aromatic N) is 3. The standard InChI is InChI=1S/C20H30N4/c1-14-4-7-18(21-11-14)16-5-6-17-13-24(22-19(17)10-16)20-8-9-23(3)12-15(20)2/h5-6,10,13-15,18,20-21H,4,7-9,11-12H2,1-3H3/t14-,15-,18+,20?/m0/s1. The van der Waals surface area contributed by atoms with E-state index in [9.17, 15) is 0 Å². The molecular weight excluding hydrogens is 296 g/mol. The van der Waals surface area contributed by atoms with Crippen LogP contribution in [0.15, 0.2) is 24.4 Å². The Morgan fingerprint density at radius 2 is 2.04 bits per heavy atom. The summed E-state index contributed by atoms with van der Waals surface area (Å²) >= 11 is 0. The van der Waals surface area contributed by atoms with Crippen molar-refractivity contribution in [3.8, 4) is 0 Å². The van der Waals surface area contributed by atoms with Crippen molar-refractivity contribution in [2.45, 2.75) is 45.2 Å². The molecule has 2 fully saturated rings. The number of rotatable bonds is 2. The van der Waals surface area contributed by atoms with Gasteiger partial charge in [-0.1, -0.05) is 26.0 Å². The summed E-state index contributed by atoms with van der Waals surface area (Å²) in [6.45, 7) is 8.14. The van der Waals surface area contributed by atoms with Gasteiger partial charge in [-0.15, -0.1) is 0 Å². The van der Waals surface area contributed by atoms with E-state index < -0.39 is 0 Å². The molecule has 2 aromatic rings. The van der Waals surface area contributed by atoms with Crippen LogP contribution in [0.2, 0.25) is 0 Å². The first kappa shape index (κ1) is 16.1. The number of hydrogen-bond acceptors (Lipinski definition) is 3. The Morgan fingerprint density at radius 3 is 2.79 bits per heavy atom. The van der Waals surface area contributed by atoms with Crippen molar-refractivity contribution in [3.63, 3.8) is 0 Å². The van der Waals surface area contributed by atoms with Crippen LogP contribution < -0.4 is 5.32 Å². The second kappa shape index (κ2) is 6.49. The minimum atomic E-state index is 0.498. The fourth-order valence-corrected chi connectivity index (χ4v) is 4.46. The predicted molar refractivity (Wildman–Crippen MR) is 99.2 cm³/mol. The van der Waals surface area contributed by atoms with Gasteiger partial charge in [0.15, 0.2) is 0 Å². The Bertz CT molecular complexity index is 699. The molecule has 0 spiro atoms. The van der Waals surface area contributed by atoms with Crippen molar-refractivity contribution in [1.29, 1.82) is 0 Å². The molecular formula is C20H30N4. The quantitative estimate of drug-likeness (QED) is 0.915. The summed E-state index contributed by atoms with van der Waals surface area (Å²) in [6.07, 6.45) is 6.00. The zero-order valence-corrected chi connectivity index (χ0v) is 15.2. The van der Waals surface area contributed by atoms with Crippen molar-refractivity contribution in [2.75, 3.05) is 26.7 Å². The van der Waals surface area contributed by atoms with E-state index >= 15 is 0 Å². The summed E-state index contributed by atoms with van der Waals surface area (Å²) in [5.74, 6) is 1.45. The second-order valence-corrected chi connectivity index (χ2v) is 8.17. The van der Waals surface area contributed by atoms with Crippen LogP contribution in [0.4, 0.5) is 0 Å². The SMILES string of the molecule is C[C@H]1CC[C@H](c2ccc3cn(C4CCN(C)C[C@@H]4C)nc3c2)NC1. The molecule has 0 radical (unpaired) electrons. The van der Waals surface area contributed by atoms with E-state index in [2.05, 4.69) is 60.2 Å². The first-order valence-corrected chi connectivity index (χ1v) is 9.51. The van der Waals surface area contributed by atoms with Gasteiger partial charge in [-0.25, -0.2) is 0 Å². The third-order valence-electron chi connectivity index (χ3n) is 6.02. The average Bonchev–Trinajstić information content (AvgIpc) is 2.98. The maximum Gasteiger partial charge on any atom is 0.0926 e. The number of hydrogen-bond donors (Lipinski definition) is 1. The van der Waals surface area contributed by atoms with Crippen LogP contribution >= 0.6 is 0 Å². The zero-order valence-electron chi connectivity index (χ0n) is 15.2. The molecule has 2 saturated heterocycles. The smallest absolute Gasteiger partial charge is 0.0926 e. The molecule has 1 aromatic carbocycles. The van der Waals surface area contributed by atoms with Crippen molar-refractivity contribution >= 4 is 10.9 Å². The van der Waals surface area contributed by atoms with Crippen LogP contribution in [0.3, 0.4) is 0 Å². The van der Waals surface area contributed by atoms with Crippen LogP contribution in [0.1, 0.15) is 50.8 Å². The molecule has 0 aliphatic carbocycles. The highest BCUT2D eigenvalue weighted by atomic mass is 15.3. The molecule has 0 amide bonds. The van der Waals surface area contributed by atoms with Gasteiger partial charge in [0.2, 0.25) is 0 Å². The van der Waals surface area contributed by atoms with Gasteiger partial charge in [0.25, 0.3) is 0 Å². The lowest BCUT2D eigenvalue weighted by Gasteiger charge is -2.34. The molecule has 4 nitrogen and oxygen atoms in total. The van der Waals surface area contributed by atoms with Crippen LogP contribution in [0.25, 0.3) is 10.9 Å². The van der Waals surface area contributed by atoms with E-state index in [1.807, 2.05) is 0 Å². The topological polar surface area (TPSA) is 33.1 Å². The number of piperidine rings is 2. The van der Waals surface area contributed by atoms with Gasteiger partial charge < -0.3 is 10.2 Å². The fraction of sp³-hybridized carbons (Fsp3) is 0.650. The summed E-state index contributed by atoms with van der Waals surface area (Å²) in [7, 11) is 2.22. The number of benzene rings is 1. The first-order chi connectivity index (χ1) is 11.6. The van der Waals surface area contributed by atoms with E-state index in [-0.39, 0.29) is 0 Å². The highest BCUT2D eigenvalue weighted by molar-refractivity contribution is 5.78. The van der Waals surface area contributed by atoms with Crippen molar-refractivity contribution in [3.05, 3.63) is 30.0 Å². The molecule has 4 atom stereocenters. The number of aromatic nitrogens is 2. The first-order valence-electron chi connectivity index (χ1n) is 9.51. The van der Waals surface area contributed by atoms with Crippen LogP contribution in [-0.2, 0) is 0 Å². The Hall–Kier alpha value is -1.39. The lowest BCUT2D eigenvalue weighted by molar-refractivity contribution is 0.151. The Morgan fingerprint density at radius 1 is 1.17 bits per heavy atom. The maximum absolute atomic E-state index is 4.95. The van der Waals surface area contributed by atoms with Gasteiger partial charge in [0.05, 0.1) is 11.6 Å². The van der Waals surface area contributed by atoms with Crippen LogP contribution in [0.5, 0.6) is 0 Å². The fourth-order valence-electron chi connectivity index (χ4n) is 4.46. The molecule has 130 valence electrons. The molecule has 24 heavy (non-hydrogen) atoms. The van der Waals surface area contributed by atoms with Gasteiger partial charge in [0, 0.05) is 24.2 Å². The largest absolute Gasteiger partial charge is 0.310 e. The highest BCUT2D eigenvalue weighted by Gasteiger charge is 2.26. The summed E-state index contributed by atoms with van der Waals surface area (Å²) in [5.41, 5.74) is 2.55. The normalized spacial score (nSPS) is 32.3. The van der Waals surface area contributed by atoms with Crippen LogP contribution in [-0.4, -0.2) is 41.4 Å². The van der Waals surface area contributed by atoms with E-state index in [1.54, 1.807) is 0 Å². The van der Waals surface area contributed by atoms with E-state index in [0.717, 1.165) is 24.5 Å². The number of nitrogens with one attached hydrogen (secondary N) is 1. The molecule has 2 aliphatic rings. The van der Waals surface area contributed by atoms with Crippen molar-refractivity contribution in [2.24, 2.45) is 11.8 Å². The molecule has 0 saturated carbocycles. The third-order valence-corrected chi connectivity index (χ3v) is 6.02. The van der Waals surface area contributed by atoms with Gasteiger partial charge >= 0.3 is 0 Å². The number of likely N-dealkylation sites (tertiary alicyclic amines) is 1. The van der Waals surface area contributed by atoms with Crippen molar-refractivity contribution in [1.82, 2.24) is 20.0 Å². The van der Waals surface area contributed by atoms with E-state index in [4.69, 9.17) is 5.10 Å². The molecule has 1 aromatic heterocycles. The molecule has 3 heterocycles. The molecule has 4 heteroatoms. The average molecular weight is 326 g/mol. The molecule has 2 aliphatic heterocycles. The van der Waals surface area contributed by atoms with E-state index in [0.29, 0.717) is 18.0 Å². The predicted octanol–water partition coefficient (Wildman–Crippen LogP) is 3.61. The van der Waals surface area contributed by atoms with Gasteiger partial charge in [-0.3, -0.25) is 4.68 Å². The molecule has 4 rings (SSSR count). The Kier molecular flexibility index (Phi) is 4.35. The van der Waals surface area contributed by atoms with Gasteiger partial charge in [0.1, 0.15) is 0 Å². The monoisotopic (exact) mass is 326 g/mol. The second-order valence-electron chi connectivity index (χ2n) is 8.17. The summed E-state index contributed by atoms with van der Waals surface area (Å²) in [4.78, 5) is 2.43. The maximum atomic E-state index is 4.95. The number of fused-ring (bicyclic) bond motifs is 1.